The van der Waals surface area contributed by atoms with Crippen LogP contribution >= 0.6 is 0 Å². The van der Waals surface area contributed by atoms with Gasteiger partial charge in [0.1, 0.15) is 11.8 Å². The van der Waals surface area contributed by atoms with Crippen molar-refractivity contribution >= 4 is 17.8 Å². The van der Waals surface area contributed by atoms with Gasteiger partial charge in [0.05, 0.1) is 13.7 Å². The number of carbonyl (C=O) groups is 3. The van der Waals surface area contributed by atoms with E-state index in [1.807, 2.05) is 0 Å². The monoisotopic (exact) mass is 337 g/mol. The molecule has 0 saturated heterocycles. The maximum Gasteiger partial charge on any atom is 0.326 e. The lowest BCUT2D eigenvalue weighted by Crippen LogP contribution is -2.40. The maximum absolute atomic E-state index is 12.1. The van der Waals surface area contributed by atoms with Crippen molar-refractivity contribution in [3.63, 3.8) is 0 Å². The molecule has 2 amide bonds. The molecule has 0 spiro atoms. The summed E-state index contributed by atoms with van der Waals surface area (Å²) in [4.78, 5) is 34.3. The number of hydrogen-bond donors (Lipinski definition) is 4. The van der Waals surface area contributed by atoms with Crippen molar-refractivity contribution in [1.29, 1.82) is 0 Å². The molecule has 5 N–H and O–H groups in total. The minimum atomic E-state index is -1.09. The molecule has 0 aliphatic heterocycles. The molecule has 1 aromatic rings. The van der Waals surface area contributed by atoms with Crippen LogP contribution in [0, 0.1) is 0 Å². The molecule has 8 heteroatoms. The molecular formula is C16H23N3O5. The van der Waals surface area contributed by atoms with Gasteiger partial charge in [-0.3, -0.25) is 9.59 Å². The SMILES string of the molecule is COc1ccc(C(=O)N[C@H](CCCCNC(=O)CN)C(=O)O)cc1. The van der Waals surface area contributed by atoms with E-state index >= 15 is 0 Å². The molecule has 24 heavy (non-hydrogen) atoms. The lowest BCUT2D eigenvalue weighted by atomic mass is 10.1. The Kier molecular flexibility index (Phi) is 8.28. The van der Waals surface area contributed by atoms with E-state index in [0.29, 0.717) is 30.7 Å². The van der Waals surface area contributed by atoms with Crippen molar-refractivity contribution in [3.8, 4) is 5.75 Å². The van der Waals surface area contributed by atoms with Gasteiger partial charge in [0.2, 0.25) is 5.91 Å². The number of benzene rings is 1. The predicted octanol–water partition coefficient (Wildman–Crippen LogP) is 0.123. The van der Waals surface area contributed by atoms with Gasteiger partial charge < -0.3 is 26.2 Å². The number of rotatable bonds is 10. The Morgan fingerprint density at radius 2 is 1.88 bits per heavy atom. The number of nitrogens with two attached hydrogens (primary N) is 1. The smallest absolute Gasteiger partial charge is 0.326 e. The number of aliphatic carboxylic acids is 1. The van der Waals surface area contributed by atoms with E-state index in [1.54, 1.807) is 24.3 Å². The number of ether oxygens (including phenoxy) is 1. The lowest BCUT2D eigenvalue weighted by molar-refractivity contribution is -0.139. The highest BCUT2D eigenvalue weighted by molar-refractivity contribution is 5.96. The minimum Gasteiger partial charge on any atom is -0.497 e. The molecule has 8 nitrogen and oxygen atoms in total. The largest absolute Gasteiger partial charge is 0.497 e. The van der Waals surface area contributed by atoms with Gasteiger partial charge >= 0.3 is 5.97 Å². The Morgan fingerprint density at radius 3 is 2.42 bits per heavy atom. The van der Waals surface area contributed by atoms with Gasteiger partial charge in [-0.15, -0.1) is 0 Å². The zero-order valence-corrected chi connectivity index (χ0v) is 13.6. The first kappa shape index (κ1) is 19.4. The zero-order chi connectivity index (χ0) is 17.9. The molecule has 0 aliphatic rings. The number of carbonyl (C=O) groups excluding carboxylic acids is 2. The van der Waals surface area contributed by atoms with E-state index in [9.17, 15) is 19.5 Å². The van der Waals surface area contributed by atoms with Crippen LogP contribution in [0.3, 0.4) is 0 Å². The first-order valence-electron chi connectivity index (χ1n) is 7.62. The van der Waals surface area contributed by atoms with Crippen LogP contribution < -0.4 is 21.1 Å². The van der Waals surface area contributed by atoms with Crippen molar-refractivity contribution < 1.29 is 24.2 Å². The Morgan fingerprint density at radius 1 is 1.21 bits per heavy atom. The summed E-state index contributed by atoms with van der Waals surface area (Å²) in [7, 11) is 1.52. The third kappa shape index (κ3) is 6.66. The van der Waals surface area contributed by atoms with E-state index in [0.717, 1.165) is 0 Å². The van der Waals surface area contributed by atoms with E-state index in [-0.39, 0.29) is 18.9 Å². The molecule has 1 rings (SSSR count). The van der Waals surface area contributed by atoms with E-state index < -0.39 is 17.9 Å². The third-order valence-corrected chi connectivity index (χ3v) is 3.38. The number of amides is 2. The first-order valence-corrected chi connectivity index (χ1v) is 7.62. The molecule has 0 unspecified atom stereocenters. The van der Waals surface area contributed by atoms with Crippen LogP contribution in [0.4, 0.5) is 0 Å². The van der Waals surface area contributed by atoms with Gasteiger partial charge in [-0.1, -0.05) is 0 Å². The van der Waals surface area contributed by atoms with Crippen LogP contribution in [0.5, 0.6) is 5.75 Å². The van der Waals surface area contributed by atoms with Gasteiger partial charge in [-0.25, -0.2) is 4.79 Å². The number of carboxylic acids is 1. The summed E-state index contributed by atoms with van der Waals surface area (Å²) in [5.74, 6) is -1.19. The summed E-state index contributed by atoms with van der Waals surface area (Å²) in [6.07, 6.45) is 1.42. The lowest BCUT2D eigenvalue weighted by Gasteiger charge is -2.14. The fraction of sp³-hybridized carbons (Fsp3) is 0.438. The van der Waals surface area contributed by atoms with E-state index in [1.165, 1.54) is 7.11 Å². The van der Waals surface area contributed by atoms with E-state index in [4.69, 9.17) is 10.5 Å². The Bertz CT molecular complexity index is 559. The third-order valence-electron chi connectivity index (χ3n) is 3.38. The number of hydrogen-bond acceptors (Lipinski definition) is 5. The topological polar surface area (TPSA) is 131 Å². The van der Waals surface area contributed by atoms with Crippen LogP contribution in [-0.2, 0) is 9.59 Å². The molecule has 132 valence electrons. The fourth-order valence-corrected chi connectivity index (χ4v) is 2.01. The Balaban J connectivity index is 2.45. The van der Waals surface area contributed by atoms with Gasteiger partial charge in [0, 0.05) is 12.1 Å². The minimum absolute atomic E-state index is 0.0737. The zero-order valence-electron chi connectivity index (χ0n) is 13.6. The second-order valence-corrected chi connectivity index (χ2v) is 5.14. The second kappa shape index (κ2) is 10.2. The molecule has 1 aromatic carbocycles. The van der Waals surface area contributed by atoms with Crippen molar-refractivity contribution in [1.82, 2.24) is 10.6 Å². The summed E-state index contributed by atoms with van der Waals surface area (Å²) >= 11 is 0. The molecule has 0 bridgehead atoms. The van der Waals surface area contributed by atoms with Crippen molar-refractivity contribution in [2.24, 2.45) is 5.73 Å². The summed E-state index contributed by atoms with van der Waals surface area (Å²) < 4.78 is 5.01. The number of methoxy groups -OCH3 is 1. The first-order chi connectivity index (χ1) is 11.5. The van der Waals surface area contributed by atoms with Crippen molar-refractivity contribution in [3.05, 3.63) is 29.8 Å². The fourth-order valence-electron chi connectivity index (χ4n) is 2.01. The molecule has 0 radical (unpaired) electrons. The molecular weight excluding hydrogens is 314 g/mol. The second-order valence-electron chi connectivity index (χ2n) is 5.14. The van der Waals surface area contributed by atoms with Crippen LogP contribution in [-0.4, -0.2) is 49.1 Å². The van der Waals surface area contributed by atoms with Gasteiger partial charge in [0.25, 0.3) is 5.91 Å². The quantitative estimate of drug-likeness (QED) is 0.449. The highest BCUT2D eigenvalue weighted by Crippen LogP contribution is 2.11. The standard InChI is InChI=1S/C16H23N3O5/c1-24-12-7-5-11(6-8-12)15(21)19-13(16(22)23)4-2-3-9-18-14(20)10-17/h5-8,13H,2-4,9-10,17H2,1H3,(H,18,20)(H,19,21)(H,22,23)/t13-/m1/s1. The molecule has 0 aromatic heterocycles. The molecule has 0 saturated carbocycles. The molecule has 0 heterocycles. The Hall–Kier alpha value is -2.61. The van der Waals surface area contributed by atoms with Crippen LogP contribution in [0.25, 0.3) is 0 Å². The average molecular weight is 337 g/mol. The van der Waals surface area contributed by atoms with Gasteiger partial charge in [-0.05, 0) is 43.5 Å². The van der Waals surface area contributed by atoms with Crippen molar-refractivity contribution in [2.45, 2.75) is 25.3 Å². The van der Waals surface area contributed by atoms with Gasteiger partial charge in [-0.2, -0.15) is 0 Å². The summed E-state index contributed by atoms with van der Waals surface area (Å²) in [6.45, 7) is 0.352. The predicted molar refractivity (Wildman–Crippen MR) is 87.8 cm³/mol. The number of nitrogens with one attached hydrogen (secondary N) is 2. The number of carboxylic acid groups (broad SMARTS) is 1. The maximum atomic E-state index is 12.1. The highest BCUT2D eigenvalue weighted by Gasteiger charge is 2.20. The molecule has 1 atom stereocenters. The average Bonchev–Trinajstić information content (AvgIpc) is 2.59. The molecule has 0 aliphatic carbocycles. The van der Waals surface area contributed by atoms with Gasteiger partial charge in [0.15, 0.2) is 0 Å². The van der Waals surface area contributed by atoms with Crippen molar-refractivity contribution in [2.75, 3.05) is 20.2 Å². The number of unbranched alkanes of at least 4 members (excludes halogenated alkanes) is 1. The summed E-state index contributed by atoms with van der Waals surface area (Å²) in [5, 5.41) is 14.3. The van der Waals surface area contributed by atoms with E-state index in [2.05, 4.69) is 10.6 Å². The normalized spacial score (nSPS) is 11.4. The summed E-state index contributed by atoms with van der Waals surface area (Å²) in [5.41, 5.74) is 5.52. The van der Waals surface area contributed by atoms with Crippen LogP contribution in [0.2, 0.25) is 0 Å². The summed E-state index contributed by atoms with van der Waals surface area (Å²) in [6, 6.07) is 5.41. The Labute approximate surface area is 140 Å². The molecule has 0 fully saturated rings. The van der Waals surface area contributed by atoms with Crippen LogP contribution in [0.15, 0.2) is 24.3 Å². The highest BCUT2D eigenvalue weighted by atomic mass is 16.5. The van der Waals surface area contributed by atoms with Crippen LogP contribution in [0.1, 0.15) is 29.6 Å².